The largest absolute Gasteiger partial charge is 0.358 e. The molecule has 1 atom stereocenters. The molecule has 33 heavy (non-hydrogen) atoms. The maximum absolute atomic E-state index is 14.8. The van der Waals surface area contributed by atoms with Gasteiger partial charge in [-0.15, -0.1) is 0 Å². The number of aromatic amines is 1. The van der Waals surface area contributed by atoms with Crippen LogP contribution in [-0.4, -0.2) is 29.5 Å². The van der Waals surface area contributed by atoms with Gasteiger partial charge in [0.2, 0.25) is 0 Å². The van der Waals surface area contributed by atoms with Crippen LogP contribution in [0.5, 0.6) is 0 Å². The van der Waals surface area contributed by atoms with Gasteiger partial charge in [0.15, 0.2) is 11.5 Å². The highest BCUT2D eigenvalue weighted by atomic mass is 19.1. The molecule has 0 fully saturated rings. The zero-order valence-corrected chi connectivity index (χ0v) is 17.2. The minimum absolute atomic E-state index is 0.00750. The van der Waals surface area contributed by atoms with Crippen LogP contribution in [0.4, 0.5) is 19.0 Å². The highest BCUT2D eigenvalue weighted by molar-refractivity contribution is 5.82. The van der Waals surface area contributed by atoms with Gasteiger partial charge in [-0.1, -0.05) is 19.1 Å². The Morgan fingerprint density at radius 2 is 1.76 bits per heavy atom. The molecule has 8 nitrogen and oxygen atoms in total. The van der Waals surface area contributed by atoms with Crippen LogP contribution >= 0.6 is 0 Å². The number of aromatic nitrogens is 6. The van der Waals surface area contributed by atoms with Gasteiger partial charge in [-0.3, -0.25) is 9.36 Å². The lowest BCUT2D eigenvalue weighted by Gasteiger charge is -2.22. The van der Waals surface area contributed by atoms with Crippen molar-refractivity contribution in [1.82, 2.24) is 29.5 Å². The summed E-state index contributed by atoms with van der Waals surface area (Å²) < 4.78 is 44.9. The Morgan fingerprint density at radius 1 is 1.03 bits per heavy atom. The lowest BCUT2D eigenvalue weighted by molar-refractivity contribution is 0.552. The Morgan fingerprint density at radius 3 is 2.52 bits per heavy atom. The molecular formula is C22H16F3N7O. The monoisotopic (exact) mass is 451 g/mol. The van der Waals surface area contributed by atoms with Gasteiger partial charge in [0, 0.05) is 0 Å². The molecule has 0 unspecified atom stereocenters. The van der Waals surface area contributed by atoms with Gasteiger partial charge in [-0.25, -0.2) is 33.1 Å². The van der Waals surface area contributed by atoms with E-state index < -0.39 is 34.7 Å². The Labute approximate surface area is 184 Å². The maximum Gasteiger partial charge on any atom is 0.269 e. The number of benzene rings is 2. The average Bonchev–Trinajstić information content (AvgIpc) is 3.28. The molecule has 2 N–H and O–H groups in total. The van der Waals surface area contributed by atoms with Crippen molar-refractivity contribution in [2.24, 2.45) is 0 Å². The quantitative estimate of drug-likeness (QED) is 0.418. The molecule has 166 valence electrons. The minimum atomic E-state index is -0.984. The number of anilines is 1. The number of rotatable bonds is 5. The summed E-state index contributed by atoms with van der Waals surface area (Å²) in [4.78, 5) is 33.2. The normalized spacial score (nSPS) is 12.4. The average molecular weight is 451 g/mol. The zero-order valence-electron chi connectivity index (χ0n) is 17.2. The second-order valence-corrected chi connectivity index (χ2v) is 7.24. The van der Waals surface area contributed by atoms with Crippen LogP contribution in [0.2, 0.25) is 0 Å². The first kappa shape index (κ1) is 20.6. The van der Waals surface area contributed by atoms with Crippen molar-refractivity contribution in [3.8, 4) is 5.69 Å². The first-order valence-electron chi connectivity index (χ1n) is 10.1. The Hall–Kier alpha value is -4.28. The smallest absolute Gasteiger partial charge is 0.269 e. The number of fused-ring (bicyclic) bond motifs is 2. The van der Waals surface area contributed by atoms with E-state index in [-0.39, 0.29) is 16.7 Å². The van der Waals surface area contributed by atoms with E-state index in [2.05, 4.69) is 30.2 Å². The van der Waals surface area contributed by atoms with Crippen LogP contribution in [0.25, 0.3) is 27.8 Å². The highest BCUT2D eigenvalue weighted by Gasteiger charge is 2.26. The van der Waals surface area contributed by atoms with Crippen LogP contribution in [0.15, 0.2) is 53.8 Å². The van der Waals surface area contributed by atoms with E-state index in [1.165, 1.54) is 30.9 Å². The Balaban J connectivity index is 1.79. The molecule has 5 aromatic rings. The third-order valence-corrected chi connectivity index (χ3v) is 5.28. The number of hydrogen-bond donors (Lipinski definition) is 2. The predicted octanol–water partition coefficient (Wildman–Crippen LogP) is 4.03. The summed E-state index contributed by atoms with van der Waals surface area (Å²) in [5.41, 5.74) is -0.578. The summed E-state index contributed by atoms with van der Waals surface area (Å²) >= 11 is 0. The van der Waals surface area contributed by atoms with Crippen LogP contribution in [0.3, 0.4) is 0 Å². The van der Waals surface area contributed by atoms with E-state index in [0.717, 1.165) is 22.8 Å². The van der Waals surface area contributed by atoms with Crippen molar-refractivity contribution in [1.29, 1.82) is 0 Å². The number of imidazole rings is 1. The van der Waals surface area contributed by atoms with Crippen LogP contribution in [-0.2, 0) is 0 Å². The van der Waals surface area contributed by atoms with E-state index in [1.54, 1.807) is 6.92 Å². The topological polar surface area (TPSA) is 101 Å². The summed E-state index contributed by atoms with van der Waals surface area (Å²) in [5.74, 6) is -2.48. The van der Waals surface area contributed by atoms with Gasteiger partial charge in [0.25, 0.3) is 5.56 Å². The minimum Gasteiger partial charge on any atom is -0.358 e. The van der Waals surface area contributed by atoms with Crippen molar-refractivity contribution >= 4 is 27.9 Å². The summed E-state index contributed by atoms with van der Waals surface area (Å²) in [6.45, 7) is 1.80. The summed E-state index contributed by atoms with van der Waals surface area (Å²) in [6.07, 6.45) is 3.12. The maximum atomic E-state index is 14.8. The second kappa shape index (κ2) is 8.01. The summed E-state index contributed by atoms with van der Waals surface area (Å²) in [5, 5.41) is 2.77. The molecule has 11 heteroatoms. The predicted molar refractivity (Wildman–Crippen MR) is 116 cm³/mol. The SMILES string of the molecule is CC[C@@H](Nc1ncnc2[nH]cnc12)c1nc2cccc(F)c2c(=O)n1-c1c(F)cccc1F. The lowest BCUT2D eigenvalue weighted by Crippen LogP contribution is -2.30. The molecule has 0 amide bonds. The molecule has 2 aromatic carbocycles. The van der Waals surface area contributed by atoms with E-state index in [4.69, 9.17) is 0 Å². The zero-order chi connectivity index (χ0) is 23.1. The van der Waals surface area contributed by atoms with E-state index in [1.807, 2.05) is 0 Å². The molecule has 0 radical (unpaired) electrons. The molecule has 0 saturated heterocycles. The fourth-order valence-electron chi connectivity index (χ4n) is 3.74. The fourth-order valence-corrected chi connectivity index (χ4v) is 3.74. The molecule has 0 bridgehead atoms. The summed E-state index contributed by atoms with van der Waals surface area (Å²) in [6, 6.07) is 6.46. The molecule has 0 aliphatic heterocycles. The highest BCUT2D eigenvalue weighted by Crippen LogP contribution is 2.28. The number of nitrogens with one attached hydrogen (secondary N) is 2. The van der Waals surface area contributed by atoms with Crippen LogP contribution < -0.4 is 10.9 Å². The lowest BCUT2D eigenvalue weighted by atomic mass is 10.1. The van der Waals surface area contributed by atoms with Crippen molar-refractivity contribution < 1.29 is 13.2 Å². The van der Waals surface area contributed by atoms with Crippen molar-refractivity contribution in [3.63, 3.8) is 0 Å². The van der Waals surface area contributed by atoms with Crippen molar-refractivity contribution in [2.75, 3.05) is 5.32 Å². The van der Waals surface area contributed by atoms with Crippen molar-refractivity contribution in [3.05, 3.63) is 82.7 Å². The van der Waals surface area contributed by atoms with E-state index in [9.17, 15) is 18.0 Å². The number of para-hydroxylation sites is 1. The molecule has 5 rings (SSSR count). The van der Waals surface area contributed by atoms with E-state index >= 15 is 0 Å². The molecule has 0 aliphatic rings. The second-order valence-electron chi connectivity index (χ2n) is 7.24. The number of nitrogens with zero attached hydrogens (tertiary/aromatic N) is 5. The number of H-pyrrole nitrogens is 1. The molecular weight excluding hydrogens is 435 g/mol. The third kappa shape index (κ3) is 3.37. The Kier molecular flexibility index (Phi) is 5.00. The molecule has 3 aromatic heterocycles. The van der Waals surface area contributed by atoms with Gasteiger partial charge in [0.05, 0.1) is 17.9 Å². The van der Waals surface area contributed by atoms with Gasteiger partial charge in [-0.2, -0.15) is 0 Å². The molecule has 0 spiro atoms. The van der Waals surface area contributed by atoms with Gasteiger partial charge in [-0.05, 0) is 30.7 Å². The Bertz CT molecular complexity index is 1540. The van der Waals surface area contributed by atoms with E-state index in [0.29, 0.717) is 23.4 Å². The summed E-state index contributed by atoms with van der Waals surface area (Å²) in [7, 11) is 0. The van der Waals surface area contributed by atoms with Crippen LogP contribution in [0, 0.1) is 17.5 Å². The number of halogens is 3. The number of hydrogen-bond acceptors (Lipinski definition) is 6. The standard InChI is InChI=1S/C22H16F3N7O/c1-2-14(30-20-17-19(27-9-26-17)28-10-29-20)21-31-15-8-4-5-11(23)16(15)22(33)32(21)18-12(24)6-3-7-13(18)25/h3-10,14H,2H2,1H3,(H2,26,27,28,29,30)/t14-/m1/s1. The van der Waals surface area contributed by atoms with Gasteiger partial charge >= 0.3 is 0 Å². The first-order chi connectivity index (χ1) is 16.0. The van der Waals surface area contributed by atoms with Gasteiger partial charge in [0.1, 0.15) is 46.2 Å². The van der Waals surface area contributed by atoms with Gasteiger partial charge < -0.3 is 10.3 Å². The fraction of sp³-hybridized carbons (Fsp3) is 0.136. The van der Waals surface area contributed by atoms with Crippen molar-refractivity contribution in [2.45, 2.75) is 19.4 Å². The molecule has 0 saturated carbocycles. The molecule has 0 aliphatic carbocycles. The first-order valence-corrected chi connectivity index (χ1v) is 10.1. The third-order valence-electron chi connectivity index (χ3n) is 5.28. The van der Waals surface area contributed by atoms with Crippen LogP contribution in [0.1, 0.15) is 25.2 Å². The molecule has 3 heterocycles.